The van der Waals surface area contributed by atoms with Crippen LogP contribution in [0.2, 0.25) is 5.02 Å². The fourth-order valence-electron chi connectivity index (χ4n) is 2.11. The molecule has 0 saturated heterocycles. The molecule has 0 aliphatic carbocycles. The molecule has 0 aliphatic rings. The summed E-state index contributed by atoms with van der Waals surface area (Å²) < 4.78 is 5.90. The van der Waals surface area contributed by atoms with E-state index in [2.05, 4.69) is 4.98 Å². The first-order valence-electron chi connectivity index (χ1n) is 6.58. The number of aryl methyl sites for hydroxylation is 3. The van der Waals surface area contributed by atoms with E-state index in [0.717, 1.165) is 34.6 Å². The van der Waals surface area contributed by atoms with Crippen LogP contribution in [-0.2, 0) is 13.0 Å². The molecule has 20 heavy (non-hydrogen) atoms. The molecule has 1 aromatic carbocycles. The second-order valence-electron chi connectivity index (χ2n) is 4.79. The molecule has 0 fully saturated rings. The van der Waals surface area contributed by atoms with E-state index in [4.69, 9.17) is 16.3 Å². The maximum atomic E-state index is 9.29. The minimum atomic E-state index is -0.0234. The van der Waals surface area contributed by atoms with E-state index in [1.165, 1.54) is 0 Å². The summed E-state index contributed by atoms with van der Waals surface area (Å²) in [5, 5.41) is 9.99. The van der Waals surface area contributed by atoms with Crippen LogP contribution < -0.4 is 4.74 Å². The van der Waals surface area contributed by atoms with Gasteiger partial charge in [-0.15, -0.1) is 0 Å². The van der Waals surface area contributed by atoms with Gasteiger partial charge in [0.15, 0.2) is 0 Å². The van der Waals surface area contributed by atoms with Crippen LogP contribution in [0, 0.1) is 13.8 Å². The van der Waals surface area contributed by atoms with Gasteiger partial charge in [0.25, 0.3) is 0 Å². The molecule has 0 unspecified atom stereocenters. The number of halogens is 1. The van der Waals surface area contributed by atoms with E-state index in [-0.39, 0.29) is 6.61 Å². The van der Waals surface area contributed by atoms with Gasteiger partial charge in [0.1, 0.15) is 5.75 Å². The standard InChI is InChI=1S/C16H18ClNO2/c1-4-14-7-12(9-19)8-15(18-14)20-16-10(2)5-13(17)6-11(16)3/h5-8,19H,4,9H2,1-3H3. The Balaban J connectivity index is 2.39. The SMILES string of the molecule is CCc1cc(CO)cc(Oc2c(C)cc(Cl)cc2C)n1. The number of pyridine rings is 1. The van der Waals surface area contributed by atoms with Gasteiger partial charge < -0.3 is 9.84 Å². The number of nitrogens with zero attached hydrogens (tertiary/aromatic N) is 1. The highest BCUT2D eigenvalue weighted by Gasteiger charge is 2.09. The second-order valence-corrected chi connectivity index (χ2v) is 5.22. The summed E-state index contributed by atoms with van der Waals surface area (Å²) in [7, 11) is 0. The number of rotatable bonds is 4. The first-order chi connectivity index (χ1) is 9.53. The van der Waals surface area contributed by atoms with E-state index in [0.29, 0.717) is 10.9 Å². The molecule has 0 aliphatic heterocycles. The number of aliphatic hydroxyl groups is 1. The normalized spacial score (nSPS) is 10.7. The van der Waals surface area contributed by atoms with E-state index < -0.39 is 0 Å². The first kappa shape index (κ1) is 14.8. The van der Waals surface area contributed by atoms with Gasteiger partial charge in [-0.2, -0.15) is 0 Å². The zero-order valence-electron chi connectivity index (χ0n) is 11.9. The first-order valence-corrected chi connectivity index (χ1v) is 6.96. The van der Waals surface area contributed by atoms with Crippen molar-refractivity contribution in [1.82, 2.24) is 4.98 Å². The lowest BCUT2D eigenvalue weighted by Crippen LogP contribution is -1.98. The zero-order chi connectivity index (χ0) is 14.7. The number of ether oxygens (including phenoxy) is 1. The van der Waals surface area contributed by atoms with Crippen LogP contribution in [0.5, 0.6) is 11.6 Å². The van der Waals surface area contributed by atoms with Crippen LogP contribution in [0.25, 0.3) is 0 Å². The minimum Gasteiger partial charge on any atom is -0.438 e. The Labute approximate surface area is 124 Å². The van der Waals surface area contributed by atoms with Crippen LogP contribution in [0.3, 0.4) is 0 Å². The minimum absolute atomic E-state index is 0.0234. The molecule has 4 heteroatoms. The molecule has 0 atom stereocenters. The third-order valence-corrected chi connectivity index (χ3v) is 3.31. The molecule has 2 aromatic rings. The van der Waals surface area contributed by atoms with Gasteiger partial charge in [0.2, 0.25) is 5.88 Å². The van der Waals surface area contributed by atoms with Gasteiger partial charge in [-0.25, -0.2) is 4.98 Å². The van der Waals surface area contributed by atoms with Crippen molar-refractivity contribution in [2.75, 3.05) is 0 Å². The number of hydrogen-bond acceptors (Lipinski definition) is 3. The van der Waals surface area contributed by atoms with Gasteiger partial charge in [0.05, 0.1) is 6.61 Å². The molecule has 1 N–H and O–H groups in total. The lowest BCUT2D eigenvalue weighted by Gasteiger charge is -2.13. The van der Waals surface area contributed by atoms with Crippen molar-refractivity contribution in [3.8, 4) is 11.6 Å². The quantitative estimate of drug-likeness (QED) is 0.918. The Morgan fingerprint density at radius 1 is 1.15 bits per heavy atom. The Kier molecular flexibility index (Phi) is 4.63. The Morgan fingerprint density at radius 2 is 1.80 bits per heavy atom. The van der Waals surface area contributed by atoms with Crippen molar-refractivity contribution < 1.29 is 9.84 Å². The third-order valence-electron chi connectivity index (χ3n) is 3.09. The van der Waals surface area contributed by atoms with Crippen molar-refractivity contribution in [2.45, 2.75) is 33.8 Å². The monoisotopic (exact) mass is 291 g/mol. The van der Waals surface area contributed by atoms with E-state index in [9.17, 15) is 5.11 Å². The van der Waals surface area contributed by atoms with Crippen molar-refractivity contribution in [2.24, 2.45) is 0 Å². The van der Waals surface area contributed by atoms with Gasteiger partial charge in [-0.1, -0.05) is 18.5 Å². The highest BCUT2D eigenvalue weighted by Crippen LogP contribution is 2.31. The van der Waals surface area contributed by atoms with Crippen LogP contribution >= 0.6 is 11.6 Å². The van der Waals surface area contributed by atoms with Crippen LogP contribution in [-0.4, -0.2) is 10.1 Å². The topological polar surface area (TPSA) is 42.4 Å². The molecule has 106 valence electrons. The van der Waals surface area contributed by atoms with Crippen LogP contribution in [0.1, 0.15) is 29.3 Å². The third kappa shape index (κ3) is 3.30. The summed E-state index contributed by atoms with van der Waals surface area (Å²) in [5.41, 5.74) is 3.63. The summed E-state index contributed by atoms with van der Waals surface area (Å²) in [6.07, 6.45) is 0.794. The molecule has 1 aromatic heterocycles. The number of hydrogen-bond donors (Lipinski definition) is 1. The number of aromatic nitrogens is 1. The average molecular weight is 292 g/mol. The van der Waals surface area contributed by atoms with Crippen LogP contribution in [0.15, 0.2) is 24.3 Å². The Morgan fingerprint density at radius 3 is 2.35 bits per heavy atom. The van der Waals surface area contributed by atoms with Gasteiger partial charge in [0, 0.05) is 16.8 Å². The molecule has 0 saturated carbocycles. The zero-order valence-corrected chi connectivity index (χ0v) is 12.7. The molecule has 2 rings (SSSR count). The fourth-order valence-corrected chi connectivity index (χ4v) is 2.44. The second kappa shape index (κ2) is 6.25. The fraction of sp³-hybridized carbons (Fsp3) is 0.312. The van der Waals surface area contributed by atoms with Gasteiger partial charge >= 0.3 is 0 Å². The summed E-state index contributed by atoms with van der Waals surface area (Å²) in [6, 6.07) is 7.36. The lowest BCUT2D eigenvalue weighted by molar-refractivity contribution is 0.280. The maximum Gasteiger partial charge on any atom is 0.219 e. The van der Waals surface area contributed by atoms with E-state index >= 15 is 0 Å². The smallest absolute Gasteiger partial charge is 0.219 e. The predicted octanol–water partition coefficient (Wildman–Crippen LogP) is 4.20. The van der Waals surface area contributed by atoms with Crippen molar-refractivity contribution in [1.29, 1.82) is 0 Å². The predicted molar refractivity (Wildman–Crippen MR) is 80.5 cm³/mol. The lowest BCUT2D eigenvalue weighted by atomic mass is 10.1. The molecule has 0 radical (unpaired) electrons. The molecule has 3 nitrogen and oxygen atoms in total. The van der Waals surface area contributed by atoms with E-state index in [1.807, 2.05) is 39.0 Å². The summed E-state index contributed by atoms with van der Waals surface area (Å²) in [6.45, 7) is 5.90. The highest BCUT2D eigenvalue weighted by atomic mass is 35.5. The summed E-state index contributed by atoms with van der Waals surface area (Å²) >= 11 is 6.02. The Hall–Kier alpha value is -1.58. The van der Waals surface area contributed by atoms with Crippen LogP contribution in [0.4, 0.5) is 0 Å². The number of aliphatic hydroxyl groups excluding tert-OH is 1. The molecular weight excluding hydrogens is 274 g/mol. The maximum absolute atomic E-state index is 9.29. The molecule has 0 bridgehead atoms. The summed E-state index contributed by atoms with van der Waals surface area (Å²) in [4.78, 5) is 4.43. The van der Waals surface area contributed by atoms with Crippen molar-refractivity contribution in [3.05, 3.63) is 51.7 Å². The van der Waals surface area contributed by atoms with Crippen molar-refractivity contribution in [3.63, 3.8) is 0 Å². The molecule has 0 amide bonds. The number of benzene rings is 1. The largest absolute Gasteiger partial charge is 0.438 e. The molecule has 0 spiro atoms. The molecular formula is C16H18ClNO2. The highest BCUT2D eigenvalue weighted by molar-refractivity contribution is 6.30. The van der Waals surface area contributed by atoms with Gasteiger partial charge in [-0.05, 0) is 55.2 Å². The van der Waals surface area contributed by atoms with Crippen molar-refractivity contribution >= 4 is 11.6 Å². The van der Waals surface area contributed by atoms with E-state index in [1.54, 1.807) is 6.07 Å². The molecule has 1 heterocycles. The Bertz CT molecular complexity index is 581. The average Bonchev–Trinajstić information content (AvgIpc) is 2.42. The summed E-state index contributed by atoms with van der Waals surface area (Å²) in [5.74, 6) is 1.26. The van der Waals surface area contributed by atoms with Gasteiger partial charge in [-0.3, -0.25) is 0 Å².